The van der Waals surface area contributed by atoms with Gasteiger partial charge < -0.3 is 14.8 Å². The predicted molar refractivity (Wildman–Crippen MR) is 95.8 cm³/mol. The topological polar surface area (TPSA) is 30.5 Å². The third-order valence-electron chi connectivity index (χ3n) is 2.76. The molecule has 0 fully saturated rings. The second kappa shape index (κ2) is 8.34. The zero-order valence-corrected chi connectivity index (χ0v) is 14.6. The molecule has 0 saturated carbocycles. The van der Waals surface area contributed by atoms with E-state index in [0.717, 1.165) is 25.8 Å². The Bertz CT molecular complexity index is 592. The summed E-state index contributed by atoms with van der Waals surface area (Å²) >= 11 is 8.19. The van der Waals surface area contributed by atoms with Crippen molar-refractivity contribution in [2.45, 2.75) is 6.92 Å². The minimum Gasteiger partial charge on any atom is -0.490 e. The highest BCUT2D eigenvalue weighted by Crippen LogP contribution is 2.26. The lowest BCUT2D eigenvalue weighted by atomic mass is 10.3. The minimum absolute atomic E-state index is 0.558. The molecule has 0 amide bonds. The fourth-order valence-corrected chi connectivity index (χ4v) is 2.89. The molecule has 0 aliphatic rings. The molecule has 1 N–H and O–H groups in total. The van der Waals surface area contributed by atoms with Crippen molar-refractivity contribution in [1.29, 1.82) is 0 Å². The number of hydrogen-bond acceptors (Lipinski definition) is 3. The number of anilines is 1. The smallest absolute Gasteiger partial charge is 0.161 e. The summed E-state index contributed by atoms with van der Waals surface area (Å²) < 4.78 is 12.4. The molecule has 2 aromatic carbocycles. The lowest BCUT2D eigenvalue weighted by molar-refractivity contribution is 0.284. The predicted octanol–water partition coefficient (Wildman–Crippen LogP) is 4.83. The summed E-state index contributed by atoms with van der Waals surface area (Å²) in [4.78, 5) is 0. The highest BCUT2D eigenvalue weighted by atomic mass is 127. The average Bonchev–Trinajstić information content (AvgIpc) is 2.47. The van der Waals surface area contributed by atoms with Crippen LogP contribution in [0.5, 0.6) is 11.5 Å². The van der Waals surface area contributed by atoms with Crippen molar-refractivity contribution in [2.24, 2.45) is 0 Å². The molecule has 0 atom stereocenters. The lowest BCUT2D eigenvalue weighted by Gasteiger charge is -2.13. The minimum atomic E-state index is 0.558. The molecule has 0 heterocycles. The van der Waals surface area contributed by atoms with Crippen molar-refractivity contribution in [3.05, 3.63) is 51.1 Å². The monoisotopic (exact) mass is 417 g/mol. The van der Waals surface area contributed by atoms with Crippen LogP contribution in [0.2, 0.25) is 5.02 Å². The number of nitrogens with one attached hydrogen (secondary N) is 1. The molecular formula is C16H17ClINO2. The van der Waals surface area contributed by atoms with E-state index in [4.69, 9.17) is 21.1 Å². The quantitative estimate of drug-likeness (QED) is 0.517. The van der Waals surface area contributed by atoms with Gasteiger partial charge in [0.1, 0.15) is 6.61 Å². The largest absolute Gasteiger partial charge is 0.490 e. The zero-order chi connectivity index (χ0) is 15.1. The number of hydrogen-bond donors (Lipinski definition) is 1. The van der Waals surface area contributed by atoms with E-state index in [0.29, 0.717) is 19.8 Å². The number of halogens is 2. The van der Waals surface area contributed by atoms with Crippen molar-refractivity contribution in [2.75, 3.05) is 25.1 Å². The summed E-state index contributed by atoms with van der Waals surface area (Å²) in [5.41, 5.74) is 1.06. The molecule has 0 spiro atoms. The summed E-state index contributed by atoms with van der Waals surface area (Å²) in [6, 6.07) is 13.5. The van der Waals surface area contributed by atoms with Gasteiger partial charge in [-0.25, -0.2) is 0 Å². The average molecular weight is 418 g/mol. The van der Waals surface area contributed by atoms with Crippen LogP contribution in [0.4, 0.5) is 5.69 Å². The van der Waals surface area contributed by atoms with Crippen molar-refractivity contribution in [1.82, 2.24) is 0 Å². The lowest BCUT2D eigenvalue weighted by Crippen LogP contribution is -2.12. The second-order valence-corrected chi connectivity index (χ2v) is 5.88. The van der Waals surface area contributed by atoms with E-state index in [1.165, 1.54) is 0 Å². The maximum absolute atomic E-state index is 5.93. The molecule has 5 heteroatoms. The van der Waals surface area contributed by atoms with Gasteiger partial charge in [0.05, 0.1) is 6.61 Å². The van der Waals surface area contributed by atoms with Gasteiger partial charge in [0.15, 0.2) is 11.5 Å². The molecule has 21 heavy (non-hydrogen) atoms. The van der Waals surface area contributed by atoms with E-state index in [9.17, 15) is 0 Å². The van der Waals surface area contributed by atoms with Crippen LogP contribution in [0.15, 0.2) is 42.5 Å². The molecule has 0 aliphatic heterocycles. The first kappa shape index (κ1) is 16.2. The van der Waals surface area contributed by atoms with Gasteiger partial charge in [0.25, 0.3) is 0 Å². The van der Waals surface area contributed by atoms with Gasteiger partial charge in [-0.05, 0) is 59.8 Å². The third-order valence-corrected chi connectivity index (χ3v) is 3.88. The normalized spacial score (nSPS) is 10.2. The third kappa shape index (κ3) is 4.97. The molecule has 0 saturated heterocycles. The number of ether oxygens (including phenoxy) is 2. The Balaban J connectivity index is 1.84. The zero-order valence-electron chi connectivity index (χ0n) is 11.7. The Morgan fingerprint density at radius 3 is 2.48 bits per heavy atom. The summed E-state index contributed by atoms with van der Waals surface area (Å²) in [5.74, 6) is 1.55. The molecule has 3 nitrogen and oxygen atoms in total. The molecule has 0 aromatic heterocycles. The van der Waals surface area contributed by atoms with E-state index in [2.05, 4.69) is 27.9 Å². The van der Waals surface area contributed by atoms with E-state index in [-0.39, 0.29) is 0 Å². The molecule has 112 valence electrons. The van der Waals surface area contributed by atoms with Crippen LogP contribution >= 0.6 is 34.2 Å². The molecule has 2 aromatic rings. The van der Waals surface area contributed by atoms with Crippen molar-refractivity contribution in [3.63, 3.8) is 0 Å². The van der Waals surface area contributed by atoms with E-state index in [1.54, 1.807) is 0 Å². The number of rotatable bonds is 7. The van der Waals surface area contributed by atoms with Gasteiger partial charge in [-0.2, -0.15) is 0 Å². The second-order valence-electron chi connectivity index (χ2n) is 4.28. The standard InChI is InChI=1S/C16H17ClINO2/c1-2-20-15-5-3-4-6-16(15)21-10-9-19-14-8-7-12(17)11-13(14)18/h3-8,11,19H,2,9-10H2,1H3. The van der Waals surface area contributed by atoms with Gasteiger partial charge in [-0.3, -0.25) is 0 Å². The van der Waals surface area contributed by atoms with E-state index in [1.807, 2.05) is 49.4 Å². The highest BCUT2D eigenvalue weighted by Gasteiger charge is 2.04. The Morgan fingerprint density at radius 2 is 1.81 bits per heavy atom. The van der Waals surface area contributed by atoms with Crippen LogP contribution < -0.4 is 14.8 Å². The van der Waals surface area contributed by atoms with Gasteiger partial charge in [-0.15, -0.1) is 0 Å². The summed E-state index contributed by atoms with van der Waals surface area (Å²) in [7, 11) is 0. The fraction of sp³-hybridized carbons (Fsp3) is 0.250. The first-order valence-corrected chi connectivity index (χ1v) is 8.20. The SMILES string of the molecule is CCOc1ccccc1OCCNc1ccc(Cl)cc1I. The van der Waals surface area contributed by atoms with Crippen molar-refractivity contribution < 1.29 is 9.47 Å². The Hall–Kier alpha value is -1.14. The van der Waals surface area contributed by atoms with Crippen LogP contribution in [-0.4, -0.2) is 19.8 Å². The Morgan fingerprint density at radius 1 is 1.10 bits per heavy atom. The van der Waals surface area contributed by atoms with Crippen LogP contribution in [0.3, 0.4) is 0 Å². The molecule has 0 aliphatic carbocycles. The summed E-state index contributed by atoms with van der Waals surface area (Å²) in [6.07, 6.45) is 0. The first-order chi connectivity index (χ1) is 10.2. The van der Waals surface area contributed by atoms with E-state index < -0.39 is 0 Å². The Kier molecular flexibility index (Phi) is 6.45. The highest BCUT2D eigenvalue weighted by molar-refractivity contribution is 14.1. The fourth-order valence-electron chi connectivity index (χ4n) is 1.82. The van der Waals surface area contributed by atoms with Gasteiger partial charge in [0.2, 0.25) is 0 Å². The van der Waals surface area contributed by atoms with Gasteiger partial charge in [0, 0.05) is 20.8 Å². The van der Waals surface area contributed by atoms with E-state index >= 15 is 0 Å². The molecular weight excluding hydrogens is 401 g/mol. The molecule has 0 bridgehead atoms. The molecule has 2 rings (SSSR count). The van der Waals surface area contributed by atoms with Crippen LogP contribution in [0.25, 0.3) is 0 Å². The van der Waals surface area contributed by atoms with Crippen molar-refractivity contribution >= 4 is 39.9 Å². The van der Waals surface area contributed by atoms with Crippen molar-refractivity contribution in [3.8, 4) is 11.5 Å². The van der Waals surface area contributed by atoms with Crippen LogP contribution in [0, 0.1) is 3.57 Å². The summed E-state index contributed by atoms with van der Waals surface area (Å²) in [5, 5.41) is 4.07. The Labute approximate surface area is 143 Å². The van der Waals surface area contributed by atoms with Crippen LogP contribution in [0.1, 0.15) is 6.92 Å². The number of benzene rings is 2. The molecule has 0 radical (unpaired) electrons. The maximum Gasteiger partial charge on any atom is 0.161 e. The summed E-state index contributed by atoms with van der Waals surface area (Å²) in [6.45, 7) is 3.85. The molecule has 0 unspecified atom stereocenters. The van der Waals surface area contributed by atoms with Gasteiger partial charge in [-0.1, -0.05) is 23.7 Å². The number of para-hydroxylation sites is 2. The first-order valence-electron chi connectivity index (χ1n) is 6.74. The van der Waals surface area contributed by atoms with Gasteiger partial charge >= 0.3 is 0 Å². The van der Waals surface area contributed by atoms with Crippen LogP contribution in [-0.2, 0) is 0 Å². The maximum atomic E-state index is 5.93.